The number of hydrogen-bond donors (Lipinski definition) is 0. The minimum atomic E-state index is -0.531. The average Bonchev–Trinajstić information content (AvgIpc) is 2.83. The molecule has 32 heavy (non-hydrogen) atoms. The lowest BCUT2D eigenvalue weighted by molar-refractivity contribution is 0.0532. The molecule has 0 atom stereocenters. The molecule has 2 aromatic carbocycles. The molecule has 1 aromatic heterocycles. The van der Waals surface area contributed by atoms with Crippen molar-refractivity contribution in [2.24, 2.45) is 0 Å². The number of hydrogen-bond acceptors (Lipinski definition) is 4. The van der Waals surface area contributed by atoms with Gasteiger partial charge in [0.05, 0.1) is 11.8 Å². The van der Waals surface area contributed by atoms with Crippen LogP contribution in [0, 0.1) is 12.7 Å². The quantitative estimate of drug-likeness (QED) is 0.616. The Hall–Kier alpha value is -3.74. The summed E-state index contributed by atoms with van der Waals surface area (Å²) in [6.45, 7) is 3.76. The SMILES string of the molecule is Cc1ccc(OCc2cccc(C(=O)N3CCN(C(=O)c4ccccc4F)CC3)c2)cn1. The van der Waals surface area contributed by atoms with Crippen molar-refractivity contribution in [3.63, 3.8) is 0 Å². The van der Waals surface area contributed by atoms with E-state index in [0.29, 0.717) is 44.1 Å². The molecule has 0 saturated carbocycles. The van der Waals surface area contributed by atoms with E-state index in [1.165, 1.54) is 12.1 Å². The lowest BCUT2D eigenvalue weighted by Crippen LogP contribution is -2.50. The number of piperazine rings is 1. The van der Waals surface area contributed by atoms with Crippen LogP contribution in [0.3, 0.4) is 0 Å². The normalized spacial score (nSPS) is 13.7. The zero-order valence-corrected chi connectivity index (χ0v) is 17.8. The number of halogens is 1. The molecule has 3 aromatic rings. The molecular formula is C25H24FN3O3. The van der Waals surface area contributed by atoms with E-state index < -0.39 is 5.82 Å². The number of ether oxygens (including phenoxy) is 1. The molecule has 0 bridgehead atoms. The fourth-order valence-corrected chi connectivity index (χ4v) is 3.60. The van der Waals surface area contributed by atoms with Crippen LogP contribution in [0.4, 0.5) is 4.39 Å². The molecule has 1 fully saturated rings. The Morgan fingerprint density at radius 3 is 2.34 bits per heavy atom. The van der Waals surface area contributed by atoms with E-state index >= 15 is 0 Å². The molecule has 0 radical (unpaired) electrons. The molecule has 2 heterocycles. The number of rotatable bonds is 5. The molecule has 2 amide bonds. The fraction of sp³-hybridized carbons (Fsp3) is 0.240. The van der Waals surface area contributed by atoms with Gasteiger partial charge in [0.2, 0.25) is 0 Å². The van der Waals surface area contributed by atoms with Gasteiger partial charge in [0.15, 0.2) is 0 Å². The Bertz CT molecular complexity index is 1110. The van der Waals surface area contributed by atoms with Gasteiger partial charge in [-0.25, -0.2) is 4.39 Å². The molecule has 1 aliphatic rings. The molecule has 1 saturated heterocycles. The molecule has 0 N–H and O–H groups in total. The summed E-state index contributed by atoms with van der Waals surface area (Å²) in [5.41, 5.74) is 2.43. The van der Waals surface area contributed by atoms with Crippen LogP contribution in [-0.4, -0.2) is 52.8 Å². The van der Waals surface area contributed by atoms with Gasteiger partial charge >= 0.3 is 0 Å². The number of benzene rings is 2. The Morgan fingerprint density at radius 1 is 0.938 bits per heavy atom. The average molecular weight is 433 g/mol. The second-order valence-corrected chi connectivity index (χ2v) is 7.69. The highest BCUT2D eigenvalue weighted by atomic mass is 19.1. The summed E-state index contributed by atoms with van der Waals surface area (Å²) in [4.78, 5) is 33.1. The zero-order valence-electron chi connectivity index (χ0n) is 17.8. The van der Waals surface area contributed by atoms with Crippen molar-refractivity contribution in [3.8, 4) is 5.75 Å². The summed E-state index contributed by atoms with van der Waals surface area (Å²) in [5.74, 6) is -0.304. The van der Waals surface area contributed by atoms with E-state index in [0.717, 1.165) is 11.3 Å². The number of nitrogens with zero attached hydrogens (tertiary/aromatic N) is 3. The van der Waals surface area contributed by atoms with Crippen molar-refractivity contribution >= 4 is 11.8 Å². The predicted molar refractivity (Wildman–Crippen MR) is 118 cm³/mol. The first-order valence-electron chi connectivity index (χ1n) is 10.5. The standard InChI is InChI=1S/C25H24FN3O3/c1-18-9-10-21(16-27-18)32-17-19-5-4-6-20(15-19)24(30)28-11-13-29(14-12-28)25(31)22-7-2-3-8-23(22)26/h2-10,15-16H,11-14,17H2,1H3. The first-order valence-corrected chi connectivity index (χ1v) is 10.5. The Morgan fingerprint density at radius 2 is 1.66 bits per heavy atom. The summed E-state index contributed by atoms with van der Waals surface area (Å²) in [7, 11) is 0. The van der Waals surface area contributed by atoms with Gasteiger partial charge in [0, 0.05) is 37.4 Å². The van der Waals surface area contributed by atoms with Crippen LogP contribution in [0.5, 0.6) is 5.75 Å². The molecule has 6 nitrogen and oxygen atoms in total. The van der Waals surface area contributed by atoms with Crippen LogP contribution in [0.25, 0.3) is 0 Å². The van der Waals surface area contributed by atoms with Gasteiger partial charge in [-0.15, -0.1) is 0 Å². The maximum Gasteiger partial charge on any atom is 0.256 e. The lowest BCUT2D eigenvalue weighted by Gasteiger charge is -2.35. The third-order valence-electron chi connectivity index (χ3n) is 5.42. The summed E-state index contributed by atoms with van der Waals surface area (Å²) in [6.07, 6.45) is 1.67. The van der Waals surface area contributed by atoms with E-state index in [9.17, 15) is 14.0 Å². The van der Waals surface area contributed by atoms with Gasteiger partial charge in [-0.05, 0) is 48.9 Å². The minimum Gasteiger partial charge on any atom is -0.487 e. The third-order valence-corrected chi connectivity index (χ3v) is 5.42. The van der Waals surface area contributed by atoms with Gasteiger partial charge in [0.1, 0.15) is 18.2 Å². The number of carbonyl (C=O) groups is 2. The highest BCUT2D eigenvalue weighted by Crippen LogP contribution is 2.16. The minimum absolute atomic E-state index is 0.0590. The van der Waals surface area contributed by atoms with Crippen molar-refractivity contribution in [1.29, 1.82) is 0 Å². The topological polar surface area (TPSA) is 62.7 Å². The number of carbonyl (C=O) groups excluding carboxylic acids is 2. The first-order chi connectivity index (χ1) is 15.5. The largest absolute Gasteiger partial charge is 0.487 e. The highest BCUT2D eigenvalue weighted by Gasteiger charge is 2.26. The number of pyridine rings is 1. The monoisotopic (exact) mass is 433 g/mol. The summed E-state index contributed by atoms with van der Waals surface area (Å²) in [5, 5.41) is 0. The molecule has 1 aliphatic heterocycles. The van der Waals surface area contributed by atoms with Crippen molar-refractivity contribution < 1.29 is 18.7 Å². The van der Waals surface area contributed by atoms with Gasteiger partial charge in [-0.2, -0.15) is 0 Å². The van der Waals surface area contributed by atoms with Crippen LogP contribution in [0.2, 0.25) is 0 Å². The summed E-state index contributed by atoms with van der Waals surface area (Å²) in [6, 6.07) is 17.0. The number of amides is 2. The Labute approximate surface area is 186 Å². The van der Waals surface area contributed by atoms with Crippen LogP contribution in [0.15, 0.2) is 66.9 Å². The fourth-order valence-electron chi connectivity index (χ4n) is 3.60. The second kappa shape index (κ2) is 9.60. The van der Waals surface area contributed by atoms with E-state index in [2.05, 4.69) is 4.98 Å². The van der Waals surface area contributed by atoms with Crippen molar-refractivity contribution in [2.75, 3.05) is 26.2 Å². The maximum absolute atomic E-state index is 13.9. The van der Waals surface area contributed by atoms with Gasteiger partial charge in [-0.1, -0.05) is 24.3 Å². The molecule has 0 aliphatic carbocycles. The molecule has 4 rings (SSSR count). The van der Waals surface area contributed by atoms with Gasteiger partial charge in [0.25, 0.3) is 11.8 Å². The van der Waals surface area contributed by atoms with Crippen LogP contribution >= 0.6 is 0 Å². The molecule has 0 spiro atoms. The maximum atomic E-state index is 13.9. The second-order valence-electron chi connectivity index (χ2n) is 7.69. The van der Waals surface area contributed by atoms with E-state index in [-0.39, 0.29) is 17.4 Å². The van der Waals surface area contributed by atoms with Gasteiger partial charge < -0.3 is 14.5 Å². The van der Waals surface area contributed by atoms with Gasteiger partial charge in [-0.3, -0.25) is 14.6 Å². The Balaban J connectivity index is 1.35. The van der Waals surface area contributed by atoms with Crippen LogP contribution in [0.1, 0.15) is 32.0 Å². The molecule has 164 valence electrons. The van der Waals surface area contributed by atoms with Crippen molar-refractivity contribution in [2.45, 2.75) is 13.5 Å². The number of aryl methyl sites for hydroxylation is 1. The molecular weight excluding hydrogens is 409 g/mol. The summed E-state index contributed by atoms with van der Waals surface area (Å²) >= 11 is 0. The summed E-state index contributed by atoms with van der Waals surface area (Å²) < 4.78 is 19.7. The lowest BCUT2D eigenvalue weighted by atomic mass is 10.1. The molecule has 0 unspecified atom stereocenters. The van der Waals surface area contributed by atoms with E-state index in [1.807, 2.05) is 37.3 Å². The Kier molecular flexibility index (Phi) is 6.44. The molecule has 7 heteroatoms. The first kappa shape index (κ1) is 21.5. The van der Waals surface area contributed by atoms with E-state index in [4.69, 9.17) is 4.74 Å². The third kappa shape index (κ3) is 4.94. The zero-order chi connectivity index (χ0) is 22.5. The van der Waals surface area contributed by atoms with Crippen LogP contribution in [-0.2, 0) is 6.61 Å². The van der Waals surface area contributed by atoms with Crippen molar-refractivity contribution in [1.82, 2.24) is 14.8 Å². The smallest absolute Gasteiger partial charge is 0.256 e. The van der Waals surface area contributed by atoms with E-state index in [1.54, 1.807) is 34.2 Å². The van der Waals surface area contributed by atoms with Crippen LogP contribution < -0.4 is 4.74 Å². The highest BCUT2D eigenvalue weighted by molar-refractivity contribution is 5.96. The number of aromatic nitrogens is 1. The van der Waals surface area contributed by atoms with Crippen molar-refractivity contribution in [3.05, 3.63) is 95.1 Å². The predicted octanol–water partition coefficient (Wildman–Crippen LogP) is 3.71.